The zero-order chi connectivity index (χ0) is 11.4. The molecule has 0 bridgehead atoms. The van der Waals surface area contributed by atoms with Gasteiger partial charge >= 0.3 is 0 Å². The molecule has 0 heterocycles. The first-order valence-corrected chi connectivity index (χ1v) is 5.40. The van der Waals surface area contributed by atoms with Gasteiger partial charge in [-0.05, 0) is 29.2 Å². The van der Waals surface area contributed by atoms with Gasteiger partial charge in [0.1, 0.15) is 0 Å². The van der Waals surface area contributed by atoms with E-state index in [1.807, 2.05) is 6.07 Å². The highest BCUT2D eigenvalue weighted by molar-refractivity contribution is 5.70. The summed E-state index contributed by atoms with van der Waals surface area (Å²) in [5, 5.41) is 0. The Kier molecular flexibility index (Phi) is 3.34. The maximum Gasteiger partial charge on any atom is 0.0354 e. The Morgan fingerprint density at radius 2 is 1.56 bits per heavy atom. The topological polar surface area (TPSA) is 38.0 Å². The van der Waals surface area contributed by atoms with Gasteiger partial charge in [0.05, 0.1) is 0 Å². The maximum atomic E-state index is 5.40. The lowest BCUT2D eigenvalue weighted by Gasteiger charge is -2.11. The SMILES string of the molecule is Cc1ccccc1-c1ccccc1CNN. The number of rotatable bonds is 3. The fourth-order valence-corrected chi connectivity index (χ4v) is 1.92. The van der Waals surface area contributed by atoms with E-state index in [4.69, 9.17) is 5.84 Å². The van der Waals surface area contributed by atoms with Crippen molar-refractivity contribution >= 4 is 0 Å². The molecule has 0 radical (unpaired) electrons. The number of nitrogens with one attached hydrogen (secondary N) is 1. The van der Waals surface area contributed by atoms with Crippen LogP contribution in [0, 0.1) is 6.92 Å². The van der Waals surface area contributed by atoms with Crippen LogP contribution in [0.5, 0.6) is 0 Å². The number of aryl methyl sites for hydroxylation is 1. The van der Waals surface area contributed by atoms with Gasteiger partial charge in [-0.1, -0.05) is 48.5 Å². The Morgan fingerprint density at radius 1 is 0.938 bits per heavy atom. The van der Waals surface area contributed by atoms with Gasteiger partial charge in [-0.2, -0.15) is 0 Å². The van der Waals surface area contributed by atoms with Gasteiger partial charge in [-0.3, -0.25) is 11.3 Å². The van der Waals surface area contributed by atoms with Gasteiger partial charge in [-0.25, -0.2) is 0 Å². The van der Waals surface area contributed by atoms with Crippen molar-refractivity contribution in [2.45, 2.75) is 13.5 Å². The summed E-state index contributed by atoms with van der Waals surface area (Å²) in [5.41, 5.74) is 7.74. The fraction of sp³-hybridized carbons (Fsp3) is 0.143. The molecule has 0 aliphatic carbocycles. The van der Waals surface area contributed by atoms with Crippen molar-refractivity contribution in [1.29, 1.82) is 0 Å². The Balaban J connectivity index is 2.51. The third-order valence-electron chi connectivity index (χ3n) is 2.75. The highest BCUT2D eigenvalue weighted by Gasteiger charge is 2.05. The van der Waals surface area contributed by atoms with Crippen molar-refractivity contribution in [1.82, 2.24) is 5.43 Å². The normalized spacial score (nSPS) is 10.4. The molecule has 0 saturated heterocycles. The molecule has 0 saturated carbocycles. The first kappa shape index (κ1) is 10.9. The van der Waals surface area contributed by atoms with Crippen LogP contribution in [0.25, 0.3) is 11.1 Å². The molecule has 2 aromatic carbocycles. The molecule has 0 atom stereocenters. The zero-order valence-electron chi connectivity index (χ0n) is 9.40. The molecule has 16 heavy (non-hydrogen) atoms. The Hall–Kier alpha value is -1.64. The predicted molar refractivity (Wildman–Crippen MR) is 67.6 cm³/mol. The van der Waals surface area contributed by atoms with Crippen molar-refractivity contribution in [3.8, 4) is 11.1 Å². The second kappa shape index (κ2) is 4.92. The summed E-state index contributed by atoms with van der Waals surface area (Å²) in [7, 11) is 0. The molecule has 2 heteroatoms. The number of benzene rings is 2. The first-order valence-electron chi connectivity index (χ1n) is 5.40. The average molecular weight is 212 g/mol. The van der Waals surface area contributed by atoms with Crippen molar-refractivity contribution in [3.05, 3.63) is 59.7 Å². The highest BCUT2D eigenvalue weighted by Crippen LogP contribution is 2.26. The largest absolute Gasteiger partial charge is 0.271 e. The van der Waals surface area contributed by atoms with Gasteiger partial charge in [0.2, 0.25) is 0 Å². The van der Waals surface area contributed by atoms with Crippen molar-refractivity contribution < 1.29 is 0 Å². The van der Waals surface area contributed by atoms with Crippen molar-refractivity contribution in [3.63, 3.8) is 0 Å². The van der Waals surface area contributed by atoms with E-state index in [-0.39, 0.29) is 0 Å². The molecule has 2 nitrogen and oxygen atoms in total. The van der Waals surface area contributed by atoms with Gasteiger partial charge < -0.3 is 0 Å². The lowest BCUT2D eigenvalue weighted by atomic mass is 9.96. The summed E-state index contributed by atoms with van der Waals surface area (Å²) in [6.45, 7) is 2.81. The number of hydrogen-bond donors (Lipinski definition) is 2. The lowest BCUT2D eigenvalue weighted by molar-refractivity contribution is 0.742. The number of nitrogens with two attached hydrogens (primary N) is 1. The molecule has 0 aromatic heterocycles. The predicted octanol–water partition coefficient (Wildman–Crippen LogP) is 2.63. The molecule has 0 aliphatic heterocycles. The molecule has 3 N–H and O–H groups in total. The number of hydrogen-bond acceptors (Lipinski definition) is 2. The van der Waals surface area contributed by atoms with Gasteiger partial charge in [0, 0.05) is 6.54 Å². The highest BCUT2D eigenvalue weighted by atomic mass is 15.2. The molecule has 2 rings (SSSR count). The lowest BCUT2D eigenvalue weighted by Crippen LogP contribution is -2.21. The van der Waals surface area contributed by atoms with Crippen molar-refractivity contribution in [2.24, 2.45) is 5.84 Å². The van der Waals surface area contributed by atoms with Gasteiger partial charge in [0.25, 0.3) is 0 Å². The van der Waals surface area contributed by atoms with Crippen LogP contribution in [0.3, 0.4) is 0 Å². The van der Waals surface area contributed by atoms with E-state index in [1.165, 1.54) is 22.3 Å². The standard InChI is InChI=1S/C14H16N2/c1-11-6-2-4-8-13(11)14-9-5-3-7-12(14)10-16-15/h2-9,16H,10,15H2,1H3. The van der Waals surface area contributed by atoms with Crippen LogP contribution in [0.15, 0.2) is 48.5 Å². The van der Waals surface area contributed by atoms with E-state index < -0.39 is 0 Å². The second-order valence-electron chi connectivity index (χ2n) is 3.85. The van der Waals surface area contributed by atoms with E-state index in [0.29, 0.717) is 6.54 Å². The maximum absolute atomic E-state index is 5.40. The Morgan fingerprint density at radius 3 is 2.25 bits per heavy atom. The van der Waals surface area contributed by atoms with E-state index in [2.05, 4.69) is 54.8 Å². The van der Waals surface area contributed by atoms with Gasteiger partial charge in [-0.15, -0.1) is 0 Å². The first-order chi connectivity index (χ1) is 7.83. The molecule has 2 aromatic rings. The molecule has 82 valence electrons. The molecule has 0 fully saturated rings. The summed E-state index contributed by atoms with van der Waals surface area (Å²) >= 11 is 0. The molecular weight excluding hydrogens is 196 g/mol. The molecule has 0 unspecified atom stereocenters. The second-order valence-corrected chi connectivity index (χ2v) is 3.85. The van der Waals surface area contributed by atoms with E-state index in [1.54, 1.807) is 0 Å². The van der Waals surface area contributed by atoms with Crippen LogP contribution in [0.4, 0.5) is 0 Å². The summed E-state index contributed by atoms with van der Waals surface area (Å²) in [4.78, 5) is 0. The summed E-state index contributed by atoms with van der Waals surface area (Å²) in [6, 6.07) is 16.7. The zero-order valence-corrected chi connectivity index (χ0v) is 9.40. The number of hydrazine groups is 1. The van der Waals surface area contributed by atoms with E-state index in [0.717, 1.165) is 0 Å². The molecular formula is C14H16N2. The molecule has 0 amide bonds. The summed E-state index contributed by atoms with van der Waals surface area (Å²) in [6.07, 6.45) is 0. The van der Waals surface area contributed by atoms with Crippen LogP contribution in [-0.4, -0.2) is 0 Å². The van der Waals surface area contributed by atoms with Crippen molar-refractivity contribution in [2.75, 3.05) is 0 Å². The van der Waals surface area contributed by atoms with E-state index >= 15 is 0 Å². The van der Waals surface area contributed by atoms with Crippen LogP contribution < -0.4 is 11.3 Å². The quantitative estimate of drug-likeness (QED) is 0.606. The molecule has 0 aliphatic rings. The third-order valence-corrected chi connectivity index (χ3v) is 2.75. The van der Waals surface area contributed by atoms with Crippen LogP contribution in [-0.2, 0) is 6.54 Å². The monoisotopic (exact) mass is 212 g/mol. The summed E-state index contributed by atoms with van der Waals surface area (Å²) in [5.74, 6) is 5.40. The van der Waals surface area contributed by atoms with Gasteiger partial charge in [0.15, 0.2) is 0 Å². The summed E-state index contributed by atoms with van der Waals surface area (Å²) < 4.78 is 0. The third kappa shape index (κ3) is 2.13. The van der Waals surface area contributed by atoms with Crippen LogP contribution in [0.1, 0.15) is 11.1 Å². The van der Waals surface area contributed by atoms with Crippen LogP contribution >= 0.6 is 0 Å². The Bertz CT molecular complexity index is 478. The molecule has 0 spiro atoms. The van der Waals surface area contributed by atoms with Crippen LogP contribution in [0.2, 0.25) is 0 Å². The van der Waals surface area contributed by atoms with E-state index in [9.17, 15) is 0 Å². The minimum Gasteiger partial charge on any atom is -0.271 e. The Labute approximate surface area is 96.1 Å². The smallest absolute Gasteiger partial charge is 0.0354 e. The average Bonchev–Trinajstić information content (AvgIpc) is 2.31. The fourth-order valence-electron chi connectivity index (χ4n) is 1.92. The minimum atomic E-state index is 0.685. The minimum absolute atomic E-state index is 0.685.